The molecule has 0 saturated heterocycles. The zero-order valence-corrected chi connectivity index (χ0v) is 18.8. The lowest BCUT2D eigenvalue weighted by Gasteiger charge is -2.17. The molecule has 7 heteroatoms. The first kappa shape index (κ1) is 22.4. The Morgan fingerprint density at radius 1 is 0.935 bits per heavy atom. The Bertz CT molecular complexity index is 1190. The van der Waals surface area contributed by atoms with E-state index in [9.17, 15) is 13.2 Å². The van der Waals surface area contributed by atoms with Crippen molar-refractivity contribution in [3.63, 3.8) is 0 Å². The van der Waals surface area contributed by atoms with E-state index in [0.29, 0.717) is 22.6 Å². The van der Waals surface area contributed by atoms with Crippen molar-refractivity contribution in [2.75, 3.05) is 11.8 Å². The number of nitrogens with one attached hydrogen (secondary N) is 2. The van der Waals surface area contributed by atoms with E-state index in [1.54, 1.807) is 37.3 Å². The second-order valence-electron chi connectivity index (χ2n) is 7.36. The maximum atomic E-state index is 12.7. The largest absolute Gasteiger partial charge is 0.497 e. The number of sulfonamides is 1. The van der Waals surface area contributed by atoms with Crippen LogP contribution in [0.1, 0.15) is 40.0 Å². The molecule has 0 saturated carbocycles. The summed E-state index contributed by atoms with van der Waals surface area (Å²) in [6.07, 6.45) is 0. The van der Waals surface area contributed by atoms with Crippen molar-refractivity contribution < 1.29 is 17.9 Å². The van der Waals surface area contributed by atoms with Crippen molar-refractivity contribution in [3.05, 3.63) is 89.0 Å². The van der Waals surface area contributed by atoms with Gasteiger partial charge in [0.25, 0.3) is 15.9 Å². The molecule has 0 spiro atoms. The molecule has 0 bridgehead atoms. The molecule has 0 heterocycles. The summed E-state index contributed by atoms with van der Waals surface area (Å²) in [6, 6.07) is 18.8. The molecule has 1 atom stereocenters. The molecule has 0 fully saturated rings. The standard InChI is InChI=1S/C24H26N2O4S/c1-16-7-5-6-8-22(16)18(3)25-24(27)19-9-14-23(17(2)15-19)26-31(28,29)21-12-10-20(30-4)11-13-21/h5-15,18,26H,1-4H3,(H,25,27)/t18-/m0/s1. The third kappa shape index (κ3) is 5.24. The molecule has 162 valence electrons. The summed E-state index contributed by atoms with van der Waals surface area (Å²) in [5, 5.41) is 3.00. The van der Waals surface area contributed by atoms with E-state index in [0.717, 1.165) is 11.1 Å². The average molecular weight is 439 g/mol. The van der Waals surface area contributed by atoms with Gasteiger partial charge in [0.1, 0.15) is 5.75 Å². The quantitative estimate of drug-likeness (QED) is 0.564. The number of benzene rings is 3. The van der Waals surface area contributed by atoms with Crippen LogP contribution in [-0.4, -0.2) is 21.4 Å². The Labute approximate surface area is 183 Å². The number of methoxy groups -OCH3 is 1. The second kappa shape index (κ2) is 9.22. The Balaban J connectivity index is 1.74. The second-order valence-corrected chi connectivity index (χ2v) is 9.04. The van der Waals surface area contributed by atoms with Crippen LogP contribution >= 0.6 is 0 Å². The number of hydrogen-bond donors (Lipinski definition) is 2. The van der Waals surface area contributed by atoms with Crippen molar-refractivity contribution >= 4 is 21.6 Å². The number of hydrogen-bond acceptors (Lipinski definition) is 4. The molecule has 0 aromatic heterocycles. The van der Waals surface area contributed by atoms with E-state index < -0.39 is 10.0 Å². The number of ether oxygens (including phenoxy) is 1. The molecular formula is C24H26N2O4S. The normalized spacial score (nSPS) is 12.1. The van der Waals surface area contributed by atoms with Gasteiger partial charge in [-0.25, -0.2) is 8.42 Å². The summed E-state index contributed by atoms with van der Waals surface area (Å²) < 4.78 is 33.0. The SMILES string of the molecule is COc1ccc(S(=O)(=O)Nc2ccc(C(=O)N[C@@H](C)c3ccccc3C)cc2C)cc1. The van der Waals surface area contributed by atoms with E-state index in [1.165, 1.54) is 19.2 Å². The number of carbonyl (C=O) groups is 1. The highest BCUT2D eigenvalue weighted by Crippen LogP contribution is 2.23. The highest BCUT2D eigenvalue weighted by atomic mass is 32.2. The van der Waals surface area contributed by atoms with Crippen molar-refractivity contribution in [3.8, 4) is 5.75 Å². The van der Waals surface area contributed by atoms with Crippen molar-refractivity contribution in [1.29, 1.82) is 0 Å². The molecule has 0 radical (unpaired) electrons. The Morgan fingerprint density at radius 2 is 1.61 bits per heavy atom. The van der Waals surface area contributed by atoms with Crippen LogP contribution in [0.4, 0.5) is 5.69 Å². The smallest absolute Gasteiger partial charge is 0.261 e. The molecule has 0 unspecified atom stereocenters. The van der Waals surface area contributed by atoms with E-state index >= 15 is 0 Å². The fourth-order valence-electron chi connectivity index (χ4n) is 3.31. The molecule has 0 aliphatic rings. The zero-order chi connectivity index (χ0) is 22.6. The van der Waals surface area contributed by atoms with Gasteiger partial charge in [-0.15, -0.1) is 0 Å². The summed E-state index contributed by atoms with van der Waals surface area (Å²) in [7, 11) is -2.24. The number of amides is 1. The van der Waals surface area contributed by atoms with Gasteiger partial charge in [0.2, 0.25) is 0 Å². The molecule has 3 aromatic rings. The van der Waals surface area contributed by atoms with Gasteiger partial charge in [-0.2, -0.15) is 0 Å². The molecule has 2 N–H and O–H groups in total. The van der Waals surface area contributed by atoms with Gasteiger partial charge in [-0.05, 0) is 79.9 Å². The number of anilines is 1. The van der Waals surface area contributed by atoms with Crippen LogP contribution in [0.5, 0.6) is 5.75 Å². The van der Waals surface area contributed by atoms with Gasteiger partial charge in [0.15, 0.2) is 0 Å². The molecule has 3 aromatic carbocycles. The maximum Gasteiger partial charge on any atom is 0.261 e. The maximum absolute atomic E-state index is 12.7. The summed E-state index contributed by atoms with van der Waals surface area (Å²) in [5.41, 5.74) is 3.68. The third-order valence-electron chi connectivity index (χ3n) is 5.11. The van der Waals surface area contributed by atoms with Crippen LogP contribution in [0, 0.1) is 13.8 Å². The first-order valence-electron chi connectivity index (χ1n) is 9.85. The first-order chi connectivity index (χ1) is 14.7. The van der Waals surface area contributed by atoms with Crippen LogP contribution in [0.3, 0.4) is 0 Å². The fourth-order valence-corrected chi connectivity index (χ4v) is 4.44. The van der Waals surface area contributed by atoms with E-state index in [1.807, 2.05) is 38.1 Å². The van der Waals surface area contributed by atoms with E-state index in [-0.39, 0.29) is 16.8 Å². The molecule has 0 aliphatic heterocycles. The predicted octanol–water partition coefficient (Wildman–Crippen LogP) is 4.60. The monoisotopic (exact) mass is 438 g/mol. The molecular weight excluding hydrogens is 412 g/mol. The summed E-state index contributed by atoms with van der Waals surface area (Å²) in [6.45, 7) is 5.70. The van der Waals surface area contributed by atoms with Crippen molar-refractivity contribution in [2.24, 2.45) is 0 Å². The minimum atomic E-state index is -3.76. The zero-order valence-electron chi connectivity index (χ0n) is 18.0. The lowest BCUT2D eigenvalue weighted by molar-refractivity contribution is 0.0939. The van der Waals surface area contributed by atoms with Gasteiger partial charge in [0.05, 0.1) is 23.7 Å². The number of carbonyl (C=O) groups excluding carboxylic acids is 1. The fraction of sp³-hybridized carbons (Fsp3) is 0.208. The summed E-state index contributed by atoms with van der Waals surface area (Å²) >= 11 is 0. The van der Waals surface area contributed by atoms with Gasteiger partial charge >= 0.3 is 0 Å². The lowest BCUT2D eigenvalue weighted by atomic mass is 10.0. The summed E-state index contributed by atoms with van der Waals surface area (Å²) in [5.74, 6) is 0.355. The van der Waals surface area contributed by atoms with Crippen LogP contribution in [0.25, 0.3) is 0 Å². The Morgan fingerprint density at radius 3 is 2.23 bits per heavy atom. The van der Waals surface area contributed by atoms with Gasteiger partial charge in [-0.3, -0.25) is 9.52 Å². The van der Waals surface area contributed by atoms with Gasteiger partial charge in [0, 0.05) is 5.56 Å². The minimum Gasteiger partial charge on any atom is -0.497 e. The van der Waals surface area contributed by atoms with E-state index in [4.69, 9.17) is 4.74 Å². The number of rotatable bonds is 7. The van der Waals surface area contributed by atoms with Crippen molar-refractivity contribution in [1.82, 2.24) is 5.32 Å². The molecule has 6 nitrogen and oxygen atoms in total. The Kier molecular flexibility index (Phi) is 6.65. The molecule has 31 heavy (non-hydrogen) atoms. The van der Waals surface area contributed by atoms with Crippen LogP contribution < -0.4 is 14.8 Å². The number of aryl methyl sites for hydroxylation is 2. The highest BCUT2D eigenvalue weighted by Gasteiger charge is 2.17. The minimum absolute atomic E-state index is 0.126. The lowest BCUT2D eigenvalue weighted by Crippen LogP contribution is -2.27. The van der Waals surface area contributed by atoms with Crippen LogP contribution in [0.15, 0.2) is 71.6 Å². The predicted molar refractivity (Wildman–Crippen MR) is 122 cm³/mol. The Hall–Kier alpha value is -3.32. The highest BCUT2D eigenvalue weighted by molar-refractivity contribution is 7.92. The van der Waals surface area contributed by atoms with Crippen molar-refractivity contribution in [2.45, 2.75) is 31.7 Å². The topological polar surface area (TPSA) is 84.5 Å². The van der Waals surface area contributed by atoms with Crippen LogP contribution in [-0.2, 0) is 10.0 Å². The first-order valence-corrected chi connectivity index (χ1v) is 11.3. The molecule has 3 rings (SSSR count). The molecule has 0 aliphatic carbocycles. The van der Waals surface area contributed by atoms with Crippen LogP contribution in [0.2, 0.25) is 0 Å². The average Bonchev–Trinajstić information content (AvgIpc) is 2.75. The third-order valence-corrected chi connectivity index (χ3v) is 6.49. The van der Waals surface area contributed by atoms with Gasteiger partial charge in [-0.1, -0.05) is 24.3 Å². The molecule has 1 amide bonds. The summed E-state index contributed by atoms with van der Waals surface area (Å²) in [4.78, 5) is 12.8. The van der Waals surface area contributed by atoms with Gasteiger partial charge < -0.3 is 10.1 Å². The van der Waals surface area contributed by atoms with E-state index in [2.05, 4.69) is 10.0 Å².